The molecule has 0 aromatic carbocycles. The molecule has 9 nitrogen and oxygen atoms in total. The summed E-state index contributed by atoms with van der Waals surface area (Å²) in [4.78, 5) is 20.6. The zero-order chi connectivity index (χ0) is 19.2. The van der Waals surface area contributed by atoms with E-state index in [0.29, 0.717) is 23.6 Å². The second kappa shape index (κ2) is 8.72. The molecular formula is C18H25N5O4. The number of nitrogens with one attached hydrogen (secondary N) is 1. The quantitative estimate of drug-likeness (QED) is 0.474. The summed E-state index contributed by atoms with van der Waals surface area (Å²) in [6, 6.07) is 3.60. The third-order valence-electron chi connectivity index (χ3n) is 4.56. The number of aryl methyl sites for hydroxylation is 1. The molecule has 0 unspecified atom stereocenters. The number of hydrogen-bond donors (Lipinski definition) is 1. The highest BCUT2D eigenvalue weighted by Gasteiger charge is 2.21. The molecule has 27 heavy (non-hydrogen) atoms. The van der Waals surface area contributed by atoms with Gasteiger partial charge in [0.2, 0.25) is 0 Å². The third-order valence-corrected chi connectivity index (χ3v) is 4.56. The van der Waals surface area contributed by atoms with Crippen molar-refractivity contribution in [2.75, 3.05) is 40.3 Å². The Hall–Kier alpha value is -2.81. The van der Waals surface area contributed by atoms with Gasteiger partial charge in [0.1, 0.15) is 23.3 Å². The minimum atomic E-state index is -0.393. The lowest BCUT2D eigenvalue weighted by Crippen LogP contribution is -2.52. The second-order valence-corrected chi connectivity index (χ2v) is 6.33. The van der Waals surface area contributed by atoms with Gasteiger partial charge >= 0.3 is 5.97 Å². The highest BCUT2D eigenvalue weighted by molar-refractivity contribution is 5.90. The summed E-state index contributed by atoms with van der Waals surface area (Å²) in [6.45, 7) is 6.55. The van der Waals surface area contributed by atoms with Gasteiger partial charge in [-0.25, -0.2) is 4.79 Å². The van der Waals surface area contributed by atoms with Gasteiger partial charge in [0.05, 0.1) is 19.3 Å². The van der Waals surface area contributed by atoms with Gasteiger partial charge in [-0.15, -0.1) is 0 Å². The van der Waals surface area contributed by atoms with Crippen LogP contribution in [-0.4, -0.2) is 67.2 Å². The Bertz CT molecular complexity index is 776. The van der Waals surface area contributed by atoms with E-state index in [1.54, 1.807) is 26.3 Å². The van der Waals surface area contributed by atoms with E-state index >= 15 is 0 Å². The lowest BCUT2D eigenvalue weighted by atomic mass is 10.2. The molecule has 0 saturated carbocycles. The van der Waals surface area contributed by atoms with Gasteiger partial charge in [0, 0.05) is 45.8 Å². The predicted molar refractivity (Wildman–Crippen MR) is 98.3 cm³/mol. The molecule has 2 aromatic rings. The molecule has 3 heterocycles. The Balaban J connectivity index is 1.50. The van der Waals surface area contributed by atoms with E-state index in [1.165, 1.54) is 7.11 Å². The lowest BCUT2D eigenvalue weighted by molar-refractivity contribution is 0.0599. The molecule has 1 fully saturated rings. The van der Waals surface area contributed by atoms with E-state index in [-0.39, 0.29) is 0 Å². The maximum Gasteiger partial charge on any atom is 0.341 e. The summed E-state index contributed by atoms with van der Waals surface area (Å²) < 4.78 is 15.3. The van der Waals surface area contributed by atoms with Crippen LogP contribution in [-0.2, 0) is 17.8 Å². The first-order valence-corrected chi connectivity index (χ1v) is 8.85. The van der Waals surface area contributed by atoms with Crippen molar-refractivity contribution >= 4 is 11.9 Å². The molecular weight excluding hydrogens is 350 g/mol. The van der Waals surface area contributed by atoms with Gasteiger partial charge in [-0.1, -0.05) is 5.16 Å². The number of furan rings is 1. The average Bonchev–Trinajstić information content (AvgIpc) is 3.32. The number of carbonyl (C=O) groups is 1. The van der Waals surface area contributed by atoms with Crippen LogP contribution in [0, 0.1) is 6.92 Å². The first kappa shape index (κ1) is 19.0. The summed E-state index contributed by atoms with van der Waals surface area (Å²) in [5.41, 5.74) is 1.39. The van der Waals surface area contributed by atoms with Crippen molar-refractivity contribution in [3.05, 3.63) is 41.2 Å². The fourth-order valence-electron chi connectivity index (χ4n) is 3.11. The molecule has 0 radical (unpaired) electrons. The average molecular weight is 375 g/mol. The first-order valence-electron chi connectivity index (χ1n) is 8.85. The van der Waals surface area contributed by atoms with E-state index in [2.05, 4.69) is 25.3 Å². The van der Waals surface area contributed by atoms with Crippen LogP contribution < -0.4 is 5.32 Å². The summed E-state index contributed by atoms with van der Waals surface area (Å²) in [7, 11) is 3.12. The monoisotopic (exact) mass is 375 g/mol. The summed E-state index contributed by atoms with van der Waals surface area (Å²) in [6.07, 6.45) is 1.60. The number of guanidine groups is 1. The zero-order valence-corrected chi connectivity index (χ0v) is 15.9. The number of carbonyl (C=O) groups excluding carboxylic acids is 1. The van der Waals surface area contributed by atoms with E-state index in [0.717, 1.165) is 44.4 Å². The van der Waals surface area contributed by atoms with E-state index in [4.69, 9.17) is 13.7 Å². The number of rotatable bonds is 5. The van der Waals surface area contributed by atoms with Crippen LogP contribution in [0.5, 0.6) is 0 Å². The Morgan fingerprint density at radius 1 is 1.37 bits per heavy atom. The molecule has 0 amide bonds. The maximum absolute atomic E-state index is 11.7. The molecule has 0 atom stereocenters. The summed E-state index contributed by atoms with van der Waals surface area (Å²) in [5, 5.41) is 7.26. The van der Waals surface area contributed by atoms with Crippen LogP contribution in [0.15, 0.2) is 32.3 Å². The molecule has 9 heteroatoms. The van der Waals surface area contributed by atoms with Crippen LogP contribution in [0.3, 0.4) is 0 Å². The van der Waals surface area contributed by atoms with E-state index < -0.39 is 5.97 Å². The van der Waals surface area contributed by atoms with Gasteiger partial charge in [-0.2, -0.15) is 0 Å². The zero-order valence-electron chi connectivity index (χ0n) is 15.9. The molecule has 0 bridgehead atoms. The van der Waals surface area contributed by atoms with Crippen LogP contribution >= 0.6 is 0 Å². The van der Waals surface area contributed by atoms with Crippen molar-refractivity contribution < 1.29 is 18.5 Å². The van der Waals surface area contributed by atoms with Gasteiger partial charge in [-0.05, 0) is 13.0 Å². The fourth-order valence-corrected chi connectivity index (χ4v) is 3.11. The number of aliphatic imine (C=N–C) groups is 1. The third kappa shape index (κ3) is 4.68. The van der Waals surface area contributed by atoms with Crippen LogP contribution in [0.1, 0.15) is 27.6 Å². The number of ether oxygens (including phenoxy) is 1. The largest absolute Gasteiger partial charge is 0.465 e. The van der Waals surface area contributed by atoms with Crippen molar-refractivity contribution in [1.82, 2.24) is 20.3 Å². The van der Waals surface area contributed by atoms with Crippen molar-refractivity contribution in [3.63, 3.8) is 0 Å². The molecule has 0 spiro atoms. The smallest absolute Gasteiger partial charge is 0.341 e. The number of esters is 1. The Labute approximate surface area is 157 Å². The van der Waals surface area contributed by atoms with Crippen molar-refractivity contribution in [2.45, 2.75) is 20.0 Å². The number of nitrogens with zero attached hydrogens (tertiary/aromatic N) is 4. The Morgan fingerprint density at radius 2 is 2.15 bits per heavy atom. The number of hydrogen-bond acceptors (Lipinski definition) is 7. The van der Waals surface area contributed by atoms with Crippen LogP contribution in [0.2, 0.25) is 0 Å². The minimum Gasteiger partial charge on any atom is -0.465 e. The normalized spacial score (nSPS) is 15.8. The number of methoxy groups -OCH3 is 1. The van der Waals surface area contributed by atoms with E-state index in [1.807, 2.05) is 6.07 Å². The highest BCUT2D eigenvalue weighted by Crippen LogP contribution is 2.15. The van der Waals surface area contributed by atoms with Gasteiger partial charge in [0.15, 0.2) is 5.96 Å². The van der Waals surface area contributed by atoms with Crippen molar-refractivity contribution in [1.29, 1.82) is 0 Å². The SMILES string of the molecule is CN=C(NCc1cc(C(=O)OC)c(C)o1)N1CCN(Cc2ccon2)CC1. The van der Waals surface area contributed by atoms with Gasteiger partial charge in [-0.3, -0.25) is 9.89 Å². The standard InChI is InChI=1S/C18H25N5O4/c1-13-16(17(24)25-3)10-15(27-13)11-20-18(19-2)23-7-5-22(6-8-23)12-14-4-9-26-21-14/h4,9-10H,5-8,11-12H2,1-3H3,(H,19,20). The maximum atomic E-state index is 11.7. The molecule has 1 aliphatic heterocycles. The molecule has 1 aliphatic rings. The topological polar surface area (TPSA) is 96.3 Å². The van der Waals surface area contributed by atoms with Crippen LogP contribution in [0.4, 0.5) is 0 Å². The predicted octanol–water partition coefficient (Wildman–Crippen LogP) is 1.26. The number of piperazine rings is 1. The summed E-state index contributed by atoms with van der Waals surface area (Å²) >= 11 is 0. The Kier molecular flexibility index (Phi) is 6.12. The highest BCUT2D eigenvalue weighted by atomic mass is 16.5. The first-order chi connectivity index (χ1) is 13.1. The van der Waals surface area contributed by atoms with Gasteiger partial charge < -0.3 is 23.9 Å². The molecule has 0 aliphatic carbocycles. The molecule has 2 aromatic heterocycles. The molecule has 1 N–H and O–H groups in total. The van der Waals surface area contributed by atoms with Gasteiger partial charge in [0.25, 0.3) is 0 Å². The van der Waals surface area contributed by atoms with Crippen molar-refractivity contribution in [2.24, 2.45) is 4.99 Å². The fraction of sp³-hybridized carbons (Fsp3) is 0.500. The Morgan fingerprint density at radius 3 is 2.78 bits per heavy atom. The number of aromatic nitrogens is 1. The van der Waals surface area contributed by atoms with Crippen molar-refractivity contribution in [3.8, 4) is 0 Å². The summed E-state index contributed by atoms with van der Waals surface area (Å²) in [5.74, 6) is 1.63. The minimum absolute atomic E-state index is 0.393. The second-order valence-electron chi connectivity index (χ2n) is 6.33. The van der Waals surface area contributed by atoms with Crippen LogP contribution in [0.25, 0.3) is 0 Å². The lowest BCUT2D eigenvalue weighted by Gasteiger charge is -2.36. The van der Waals surface area contributed by atoms with E-state index in [9.17, 15) is 4.79 Å². The molecule has 146 valence electrons. The molecule has 3 rings (SSSR count). The molecule has 1 saturated heterocycles.